The summed E-state index contributed by atoms with van der Waals surface area (Å²) in [6.07, 6.45) is 0.540. The summed E-state index contributed by atoms with van der Waals surface area (Å²) >= 11 is 0. The Morgan fingerprint density at radius 2 is 1.73 bits per heavy atom. The lowest BCUT2D eigenvalue weighted by molar-refractivity contribution is -0.138. The van der Waals surface area contributed by atoms with Gasteiger partial charge in [0, 0.05) is 17.8 Å². The van der Waals surface area contributed by atoms with Crippen molar-refractivity contribution in [2.24, 2.45) is 0 Å². The van der Waals surface area contributed by atoms with E-state index in [2.05, 4.69) is 19.1 Å². The average Bonchev–Trinajstić information content (AvgIpc) is 3.23. The molecule has 4 rings (SSSR count). The third kappa shape index (κ3) is 2.64. The first-order valence-corrected chi connectivity index (χ1v) is 8.69. The number of benzene rings is 2. The predicted octanol–water partition coefficient (Wildman–Crippen LogP) is 4.27. The van der Waals surface area contributed by atoms with Crippen molar-refractivity contribution >= 4 is 11.8 Å². The van der Waals surface area contributed by atoms with Crippen molar-refractivity contribution < 1.29 is 14.7 Å². The topological polar surface area (TPSA) is 59.3 Å². The summed E-state index contributed by atoms with van der Waals surface area (Å²) in [6.45, 7) is 2.64. The fraction of sp³-hybridized carbons (Fsp3) is 0.182. The molecule has 0 saturated carbocycles. The van der Waals surface area contributed by atoms with Crippen LogP contribution in [0.3, 0.4) is 0 Å². The van der Waals surface area contributed by atoms with E-state index in [1.165, 1.54) is 5.56 Å². The van der Waals surface area contributed by atoms with E-state index in [1.807, 2.05) is 41.0 Å². The van der Waals surface area contributed by atoms with Crippen molar-refractivity contribution in [3.05, 3.63) is 83.2 Å². The Balaban J connectivity index is 1.63. The van der Waals surface area contributed by atoms with Gasteiger partial charge in [-0.1, -0.05) is 48.5 Å². The van der Waals surface area contributed by atoms with Gasteiger partial charge in [0.25, 0.3) is 0 Å². The van der Waals surface area contributed by atoms with Crippen LogP contribution in [0.5, 0.6) is 0 Å². The van der Waals surface area contributed by atoms with Gasteiger partial charge in [-0.05, 0) is 42.2 Å². The Kier molecular flexibility index (Phi) is 3.96. The molecule has 0 fully saturated rings. The summed E-state index contributed by atoms with van der Waals surface area (Å²) < 4.78 is 1.84. The van der Waals surface area contributed by atoms with Crippen molar-refractivity contribution in [2.45, 2.75) is 25.8 Å². The second-order valence-corrected chi connectivity index (χ2v) is 6.70. The quantitative estimate of drug-likeness (QED) is 0.719. The van der Waals surface area contributed by atoms with Crippen LogP contribution >= 0.6 is 0 Å². The van der Waals surface area contributed by atoms with E-state index in [9.17, 15) is 14.7 Å². The zero-order valence-corrected chi connectivity index (χ0v) is 14.5. The lowest BCUT2D eigenvalue weighted by Gasteiger charge is -2.08. The number of hydrogen-bond acceptors (Lipinski definition) is 2. The Hall–Kier alpha value is -3.14. The molecule has 130 valence electrons. The molecule has 26 heavy (non-hydrogen) atoms. The fourth-order valence-corrected chi connectivity index (χ4v) is 3.74. The van der Waals surface area contributed by atoms with Crippen molar-refractivity contribution in [1.29, 1.82) is 0 Å². The molecule has 4 nitrogen and oxygen atoms in total. The molecule has 0 spiro atoms. The highest BCUT2D eigenvalue weighted by Crippen LogP contribution is 2.32. The summed E-state index contributed by atoms with van der Waals surface area (Å²) in [5.41, 5.74) is 5.31. The first kappa shape index (κ1) is 16.3. The van der Waals surface area contributed by atoms with Crippen LogP contribution in [0.15, 0.2) is 60.7 Å². The highest BCUT2D eigenvalue weighted by molar-refractivity contribution is 6.08. The maximum absolute atomic E-state index is 12.9. The van der Waals surface area contributed by atoms with E-state index in [0.29, 0.717) is 24.2 Å². The number of carboxylic acids is 1. The molecule has 0 bridgehead atoms. The maximum Gasteiger partial charge on any atom is 0.312 e. The van der Waals surface area contributed by atoms with Crippen molar-refractivity contribution in [1.82, 2.24) is 4.57 Å². The number of hydrogen-bond donors (Lipinski definition) is 1. The molecule has 1 aliphatic rings. The van der Waals surface area contributed by atoms with Gasteiger partial charge in [-0.25, -0.2) is 0 Å². The van der Waals surface area contributed by atoms with Gasteiger partial charge in [0.15, 0.2) is 0 Å². The van der Waals surface area contributed by atoms with Gasteiger partial charge in [-0.2, -0.15) is 0 Å². The largest absolute Gasteiger partial charge is 0.481 e. The second-order valence-electron chi connectivity index (χ2n) is 6.70. The average molecular weight is 345 g/mol. The van der Waals surface area contributed by atoms with E-state index in [1.54, 1.807) is 12.1 Å². The first-order valence-electron chi connectivity index (χ1n) is 8.69. The standard InChI is InChI=1S/C22H19NO3/c1-14-4-2-3-5-17(14)15-6-8-16(9-7-15)21(24)20-11-10-19-18(22(25)26)12-13-23(19)20/h2-11,18H,12-13H2,1H3,(H,25,26). The summed E-state index contributed by atoms with van der Waals surface area (Å²) in [5.74, 6) is -1.41. The summed E-state index contributed by atoms with van der Waals surface area (Å²) in [5, 5.41) is 9.29. The number of carboxylic acid groups (broad SMARTS) is 1. The number of rotatable bonds is 4. The van der Waals surface area contributed by atoms with Gasteiger partial charge in [0.05, 0.1) is 11.6 Å². The number of nitrogens with zero attached hydrogens (tertiary/aromatic N) is 1. The van der Waals surface area contributed by atoms with E-state index in [-0.39, 0.29) is 5.78 Å². The lowest BCUT2D eigenvalue weighted by Crippen LogP contribution is -2.10. The van der Waals surface area contributed by atoms with Gasteiger partial charge >= 0.3 is 5.97 Å². The first-order chi connectivity index (χ1) is 12.6. The number of carbonyl (C=O) groups is 2. The minimum Gasteiger partial charge on any atom is -0.481 e. The zero-order valence-electron chi connectivity index (χ0n) is 14.5. The Labute approximate surface area is 151 Å². The molecular weight excluding hydrogens is 326 g/mol. The minimum absolute atomic E-state index is 0.0707. The van der Waals surface area contributed by atoms with E-state index < -0.39 is 11.9 Å². The van der Waals surface area contributed by atoms with Crippen LogP contribution in [0.4, 0.5) is 0 Å². The number of fused-ring (bicyclic) bond motifs is 1. The third-order valence-electron chi connectivity index (χ3n) is 5.15. The van der Waals surface area contributed by atoms with Crippen LogP contribution < -0.4 is 0 Å². The second kappa shape index (κ2) is 6.30. The van der Waals surface area contributed by atoms with Gasteiger partial charge in [0.1, 0.15) is 0 Å². The zero-order chi connectivity index (χ0) is 18.3. The lowest BCUT2D eigenvalue weighted by atomic mass is 9.98. The number of ketones is 1. The van der Waals surface area contributed by atoms with Crippen molar-refractivity contribution in [3.8, 4) is 11.1 Å². The number of carbonyl (C=O) groups excluding carboxylic acids is 1. The molecule has 2 heterocycles. The van der Waals surface area contributed by atoms with E-state index in [0.717, 1.165) is 16.8 Å². The SMILES string of the molecule is Cc1ccccc1-c1ccc(C(=O)c2ccc3n2CCC3C(=O)O)cc1. The van der Waals surface area contributed by atoms with Crippen LogP contribution in [-0.2, 0) is 11.3 Å². The molecule has 1 N–H and O–H groups in total. The van der Waals surface area contributed by atoms with Crippen molar-refractivity contribution in [3.63, 3.8) is 0 Å². The van der Waals surface area contributed by atoms with Crippen molar-refractivity contribution in [2.75, 3.05) is 0 Å². The summed E-state index contributed by atoms with van der Waals surface area (Å²) in [4.78, 5) is 24.2. The molecule has 0 radical (unpaired) electrons. The monoisotopic (exact) mass is 345 g/mol. The highest BCUT2D eigenvalue weighted by atomic mass is 16.4. The van der Waals surface area contributed by atoms with Crippen LogP contribution in [0.1, 0.15) is 39.6 Å². The van der Waals surface area contributed by atoms with Gasteiger partial charge in [0.2, 0.25) is 5.78 Å². The summed E-state index contributed by atoms with van der Waals surface area (Å²) in [7, 11) is 0. The molecule has 2 aromatic carbocycles. The number of aliphatic carboxylic acids is 1. The molecule has 1 atom stereocenters. The Morgan fingerprint density at radius 1 is 1.00 bits per heavy atom. The van der Waals surface area contributed by atoms with Gasteiger partial charge < -0.3 is 9.67 Å². The number of aryl methyl sites for hydroxylation is 1. The predicted molar refractivity (Wildman–Crippen MR) is 99.5 cm³/mol. The molecular formula is C22H19NO3. The Bertz CT molecular complexity index is 998. The molecule has 1 unspecified atom stereocenters. The third-order valence-corrected chi connectivity index (χ3v) is 5.15. The maximum atomic E-state index is 12.9. The molecule has 0 aliphatic carbocycles. The van der Waals surface area contributed by atoms with Crippen LogP contribution in [0.25, 0.3) is 11.1 Å². The molecule has 1 aliphatic heterocycles. The van der Waals surface area contributed by atoms with Gasteiger partial charge in [-0.15, -0.1) is 0 Å². The number of aromatic nitrogens is 1. The molecule has 0 saturated heterocycles. The van der Waals surface area contributed by atoms with E-state index >= 15 is 0 Å². The van der Waals surface area contributed by atoms with E-state index in [4.69, 9.17) is 0 Å². The molecule has 1 aromatic heterocycles. The Morgan fingerprint density at radius 3 is 2.42 bits per heavy atom. The molecule has 0 amide bonds. The van der Waals surface area contributed by atoms with Crippen LogP contribution in [0.2, 0.25) is 0 Å². The smallest absolute Gasteiger partial charge is 0.312 e. The fourth-order valence-electron chi connectivity index (χ4n) is 3.74. The normalized spacial score (nSPS) is 15.7. The molecule has 4 heteroatoms. The minimum atomic E-state index is -0.830. The van der Waals surface area contributed by atoms with Gasteiger partial charge in [-0.3, -0.25) is 9.59 Å². The van der Waals surface area contributed by atoms with Crippen LogP contribution in [0, 0.1) is 6.92 Å². The summed E-state index contributed by atoms with van der Waals surface area (Å²) in [6, 6.07) is 19.3. The van der Waals surface area contributed by atoms with Crippen LogP contribution in [-0.4, -0.2) is 21.4 Å². The highest BCUT2D eigenvalue weighted by Gasteiger charge is 2.31. The molecule has 3 aromatic rings.